The molecule has 1 heterocycles. The van der Waals surface area contributed by atoms with Crippen molar-refractivity contribution in [2.75, 3.05) is 0 Å². The van der Waals surface area contributed by atoms with Crippen molar-refractivity contribution in [3.05, 3.63) is 29.3 Å². The summed E-state index contributed by atoms with van der Waals surface area (Å²) in [6.45, 7) is 5.81. The Morgan fingerprint density at radius 1 is 1.37 bits per heavy atom. The van der Waals surface area contributed by atoms with Crippen LogP contribution in [0.15, 0.2) is 18.2 Å². The molecule has 0 atom stereocenters. The standard InChI is InChI=1S/C16H20O3/c1-4-5-12(17)8-11-6-7-15-13(9-11)14(18)10-16(2,3)19-15/h6-7,9H,4-5,8,10H2,1-3H3. The van der Waals surface area contributed by atoms with E-state index in [2.05, 4.69) is 0 Å². The average molecular weight is 260 g/mol. The monoisotopic (exact) mass is 260 g/mol. The van der Waals surface area contributed by atoms with Crippen molar-refractivity contribution in [1.29, 1.82) is 0 Å². The number of carbonyl (C=O) groups is 2. The summed E-state index contributed by atoms with van der Waals surface area (Å²) in [5.74, 6) is 0.941. The molecule has 0 aliphatic carbocycles. The van der Waals surface area contributed by atoms with Crippen LogP contribution in [0.5, 0.6) is 5.75 Å². The van der Waals surface area contributed by atoms with Gasteiger partial charge in [0.1, 0.15) is 17.1 Å². The second-order valence-electron chi connectivity index (χ2n) is 5.76. The van der Waals surface area contributed by atoms with Gasteiger partial charge in [0.25, 0.3) is 0 Å². The van der Waals surface area contributed by atoms with E-state index in [-0.39, 0.29) is 11.6 Å². The third-order valence-electron chi connectivity index (χ3n) is 3.25. The van der Waals surface area contributed by atoms with Crippen LogP contribution in [-0.2, 0) is 11.2 Å². The number of ether oxygens (including phenoxy) is 1. The van der Waals surface area contributed by atoms with E-state index in [1.54, 1.807) is 6.07 Å². The van der Waals surface area contributed by atoms with Gasteiger partial charge in [-0.1, -0.05) is 13.0 Å². The maximum absolute atomic E-state index is 12.1. The largest absolute Gasteiger partial charge is 0.487 e. The first kappa shape index (κ1) is 13.8. The molecule has 0 saturated heterocycles. The first-order chi connectivity index (χ1) is 8.91. The quantitative estimate of drug-likeness (QED) is 0.834. The number of Topliss-reactive ketones (excluding diaryl/α,β-unsaturated/α-hetero) is 2. The van der Waals surface area contributed by atoms with E-state index < -0.39 is 5.60 Å². The summed E-state index contributed by atoms with van der Waals surface area (Å²) >= 11 is 0. The number of hydrogen-bond donors (Lipinski definition) is 0. The van der Waals surface area contributed by atoms with Crippen molar-refractivity contribution in [3.8, 4) is 5.75 Å². The zero-order valence-corrected chi connectivity index (χ0v) is 11.8. The molecule has 0 aromatic heterocycles. The van der Waals surface area contributed by atoms with Gasteiger partial charge in [-0.05, 0) is 38.0 Å². The molecular formula is C16H20O3. The topological polar surface area (TPSA) is 43.4 Å². The Hall–Kier alpha value is -1.64. The van der Waals surface area contributed by atoms with Crippen molar-refractivity contribution >= 4 is 11.6 Å². The van der Waals surface area contributed by atoms with Crippen molar-refractivity contribution < 1.29 is 14.3 Å². The average Bonchev–Trinajstić information content (AvgIpc) is 2.29. The summed E-state index contributed by atoms with van der Waals surface area (Å²) in [6, 6.07) is 5.49. The first-order valence-electron chi connectivity index (χ1n) is 6.78. The lowest BCUT2D eigenvalue weighted by Gasteiger charge is -2.31. The predicted molar refractivity (Wildman–Crippen MR) is 73.7 cm³/mol. The summed E-state index contributed by atoms with van der Waals surface area (Å²) in [5.41, 5.74) is 1.07. The molecular weight excluding hydrogens is 240 g/mol. The van der Waals surface area contributed by atoms with E-state index in [0.717, 1.165) is 12.0 Å². The van der Waals surface area contributed by atoms with Crippen LogP contribution in [0.4, 0.5) is 0 Å². The van der Waals surface area contributed by atoms with Crippen molar-refractivity contribution in [2.24, 2.45) is 0 Å². The Bertz CT molecular complexity index is 515. The zero-order chi connectivity index (χ0) is 14.0. The van der Waals surface area contributed by atoms with Crippen LogP contribution in [0.2, 0.25) is 0 Å². The third kappa shape index (κ3) is 3.22. The van der Waals surface area contributed by atoms with Gasteiger partial charge in [-0.25, -0.2) is 0 Å². The van der Waals surface area contributed by atoms with E-state index in [1.807, 2.05) is 32.9 Å². The molecule has 0 spiro atoms. The van der Waals surface area contributed by atoms with E-state index in [0.29, 0.717) is 30.6 Å². The molecule has 0 bridgehead atoms. The molecule has 0 unspecified atom stereocenters. The van der Waals surface area contributed by atoms with Gasteiger partial charge in [-0.15, -0.1) is 0 Å². The highest BCUT2D eigenvalue weighted by atomic mass is 16.5. The van der Waals surface area contributed by atoms with Crippen LogP contribution in [0.25, 0.3) is 0 Å². The number of rotatable bonds is 4. The number of ketones is 2. The maximum atomic E-state index is 12.1. The van der Waals surface area contributed by atoms with E-state index in [9.17, 15) is 9.59 Å². The van der Waals surface area contributed by atoms with Gasteiger partial charge < -0.3 is 4.74 Å². The normalized spacial score (nSPS) is 16.7. The summed E-state index contributed by atoms with van der Waals surface area (Å²) in [4.78, 5) is 23.7. The van der Waals surface area contributed by atoms with Gasteiger partial charge in [-0.2, -0.15) is 0 Å². The van der Waals surface area contributed by atoms with Crippen LogP contribution in [0.1, 0.15) is 56.0 Å². The minimum atomic E-state index is -0.441. The van der Waals surface area contributed by atoms with Crippen LogP contribution in [0.3, 0.4) is 0 Å². The molecule has 0 amide bonds. The van der Waals surface area contributed by atoms with E-state index in [1.165, 1.54) is 0 Å². The molecule has 3 heteroatoms. The number of carbonyl (C=O) groups excluding carboxylic acids is 2. The number of hydrogen-bond acceptors (Lipinski definition) is 3. The van der Waals surface area contributed by atoms with Crippen molar-refractivity contribution in [1.82, 2.24) is 0 Å². The highest BCUT2D eigenvalue weighted by Gasteiger charge is 2.32. The lowest BCUT2D eigenvalue weighted by atomic mass is 9.91. The highest BCUT2D eigenvalue weighted by molar-refractivity contribution is 6.00. The van der Waals surface area contributed by atoms with Gasteiger partial charge in [0.05, 0.1) is 12.0 Å². The Morgan fingerprint density at radius 2 is 2.11 bits per heavy atom. The van der Waals surface area contributed by atoms with Gasteiger partial charge in [0, 0.05) is 12.8 Å². The second-order valence-corrected chi connectivity index (χ2v) is 5.76. The van der Waals surface area contributed by atoms with Crippen LogP contribution >= 0.6 is 0 Å². The highest BCUT2D eigenvalue weighted by Crippen LogP contribution is 2.33. The van der Waals surface area contributed by atoms with Crippen LogP contribution in [0, 0.1) is 0 Å². The predicted octanol–water partition coefficient (Wildman–Crippen LogP) is 3.34. The van der Waals surface area contributed by atoms with Crippen LogP contribution < -0.4 is 4.74 Å². The lowest BCUT2D eigenvalue weighted by Crippen LogP contribution is -2.35. The first-order valence-corrected chi connectivity index (χ1v) is 6.78. The molecule has 19 heavy (non-hydrogen) atoms. The zero-order valence-electron chi connectivity index (χ0n) is 11.8. The summed E-state index contributed by atoms with van der Waals surface area (Å²) < 4.78 is 5.79. The van der Waals surface area contributed by atoms with Crippen molar-refractivity contribution in [2.45, 2.75) is 52.1 Å². The fourth-order valence-electron chi connectivity index (χ4n) is 2.40. The smallest absolute Gasteiger partial charge is 0.170 e. The molecule has 0 saturated carbocycles. The maximum Gasteiger partial charge on any atom is 0.170 e. The SMILES string of the molecule is CCCC(=O)Cc1ccc2c(c1)C(=O)CC(C)(C)O2. The molecule has 1 aromatic carbocycles. The van der Waals surface area contributed by atoms with Crippen molar-refractivity contribution in [3.63, 3.8) is 0 Å². The molecule has 0 N–H and O–H groups in total. The van der Waals surface area contributed by atoms with Crippen LogP contribution in [-0.4, -0.2) is 17.2 Å². The summed E-state index contributed by atoms with van der Waals surface area (Å²) in [6.07, 6.45) is 2.23. The second kappa shape index (κ2) is 5.16. The molecule has 3 nitrogen and oxygen atoms in total. The lowest BCUT2D eigenvalue weighted by molar-refractivity contribution is -0.118. The summed E-state index contributed by atoms with van der Waals surface area (Å²) in [5, 5.41) is 0. The molecule has 0 fully saturated rings. The fourth-order valence-corrected chi connectivity index (χ4v) is 2.40. The molecule has 0 radical (unpaired) electrons. The summed E-state index contributed by atoms with van der Waals surface area (Å²) in [7, 11) is 0. The van der Waals surface area contributed by atoms with Gasteiger partial charge in [-0.3, -0.25) is 9.59 Å². The van der Waals surface area contributed by atoms with Gasteiger partial charge in [0.2, 0.25) is 0 Å². The molecule has 102 valence electrons. The minimum Gasteiger partial charge on any atom is -0.487 e. The number of fused-ring (bicyclic) bond motifs is 1. The molecule has 1 aliphatic rings. The molecule has 1 aromatic rings. The third-order valence-corrected chi connectivity index (χ3v) is 3.25. The Morgan fingerprint density at radius 3 is 2.79 bits per heavy atom. The molecule has 2 rings (SSSR count). The fraction of sp³-hybridized carbons (Fsp3) is 0.500. The number of benzene rings is 1. The van der Waals surface area contributed by atoms with Gasteiger partial charge in [0.15, 0.2) is 5.78 Å². The van der Waals surface area contributed by atoms with Gasteiger partial charge >= 0.3 is 0 Å². The Balaban J connectivity index is 2.22. The Labute approximate surface area is 114 Å². The van der Waals surface area contributed by atoms with E-state index >= 15 is 0 Å². The van der Waals surface area contributed by atoms with E-state index in [4.69, 9.17) is 4.74 Å². The minimum absolute atomic E-state index is 0.0936. The Kier molecular flexibility index (Phi) is 3.74. The molecule has 1 aliphatic heterocycles.